The molecule has 1 aromatic heterocycles. The van der Waals surface area contributed by atoms with Crippen LogP contribution in [-0.4, -0.2) is 41.9 Å². The number of nitrogens with one attached hydrogen (secondary N) is 1. The molecule has 0 aromatic carbocycles. The van der Waals surface area contributed by atoms with Crippen LogP contribution < -0.4 is 4.72 Å². The fraction of sp³-hybridized carbons (Fsp3) is 0.636. The minimum absolute atomic E-state index is 0.166. The van der Waals surface area contributed by atoms with Crippen molar-refractivity contribution >= 4 is 27.5 Å². The molecule has 0 unspecified atom stereocenters. The number of aryl methyl sites for hydroxylation is 1. The molecule has 1 saturated heterocycles. The number of carboxylic acids is 1. The van der Waals surface area contributed by atoms with E-state index in [1.807, 2.05) is 12.3 Å². The van der Waals surface area contributed by atoms with Gasteiger partial charge in [-0.2, -0.15) is 17.4 Å². The van der Waals surface area contributed by atoms with Gasteiger partial charge < -0.3 is 5.11 Å². The second-order valence-corrected chi connectivity index (χ2v) is 7.42. The number of carbonyl (C=O) groups is 1. The number of carboxylic acid groups (broad SMARTS) is 1. The van der Waals surface area contributed by atoms with Gasteiger partial charge in [0.25, 0.3) is 10.2 Å². The lowest BCUT2D eigenvalue weighted by molar-refractivity contribution is -0.142. The minimum Gasteiger partial charge on any atom is -0.481 e. The summed E-state index contributed by atoms with van der Waals surface area (Å²) in [6.45, 7) is 2.50. The molecule has 1 aromatic rings. The van der Waals surface area contributed by atoms with Gasteiger partial charge in [0.15, 0.2) is 0 Å². The SMILES string of the molecule is Cc1csc(CNS(=O)(=O)N2CCC(C(=O)O)CC2)n1. The molecular weight excluding hydrogens is 302 g/mol. The average molecular weight is 319 g/mol. The molecular formula is C11H17N3O4S2. The Morgan fingerprint density at radius 3 is 2.70 bits per heavy atom. The van der Waals surface area contributed by atoms with E-state index < -0.39 is 22.1 Å². The molecule has 2 rings (SSSR count). The first kappa shape index (κ1) is 15.4. The molecule has 2 heterocycles. The Kier molecular flexibility index (Phi) is 4.74. The first-order valence-electron chi connectivity index (χ1n) is 6.27. The number of rotatable bonds is 5. The molecule has 0 spiro atoms. The number of hydrogen-bond acceptors (Lipinski definition) is 5. The summed E-state index contributed by atoms with van der Waals surface area (Å²) in [6, 6.07) is 0. The van der Waals surface area contributed by atoms with Crippen molar-refractivity contribution < 1.29 is 18.3 Å². The van der Waals surface area contributed by atoms with Crippen molar-refractivity contribution in [3.63, 3.8) is 0 Å². The third-order valence-electron chi connectivity index (χ3n) is 3.22. The first-order valence-corrected chi connectivity index (χ1v) is 8.59. The van der Waals surface area contributed by atoms with Gasteiger partial charge in [-0.05, 0) is 19.8 Å². The molecule has 0 saturated carbocycles. The zero-order valence-corrected chi connectivity index (χ0v) is 12.7. The number of piperidine rings is 1. The first-order chi connectivity index (χ1) is 9.38. The van der Waals surface area contributed by atoms with Gasteiger partial charge in [-0.25, -0.2) is 4.98 Å². The van der Waals surface area contributed by atoms with Gasteiger partial charge in [-0.15, -0.1) is 11.3 Å². The highest BCUT2D eigenvalue weighted by Gasteiger charge is 2.30. The van der Waals surface area contributed by atoms with Crippen LogP contribution in [0.4, 0.5) is 0 Å². The van der Waals surface area contributed by atoms with Crippen LogP contribution in [0.25, 0.3) is 0 Å². The van der Waals surface area contributed by atoms with Crippen molar-refractivity contribution in [2.75, 3.05) is 13.1 Å². The van der Waals surface area contributed by atoms with E-state index in [-0.39, 0.29) is 19.6 Å². The topological polar surface area (TPSA) is 99.6 Å². The van der Waals surface area contributed by atoms with Crippen molar-refractivity contribution in [1.82, 2.24) is 14.0 Å². The molecule has 20 heavy (non-hydrogen) atoms. The van der Waals surface area contributed by atoms with Gasteiger partial charge in [0.05, 0.1) is 12.5 Å². The van der Waals surface area contributed by atoms with Crippen LogP contribution in [0.5, 0.6) is 0 Å². The Hall–Kier alpha value is -1.03. The van der Waals surface area contributed by atoms with Crippen LogP contribution in [0, 0.1) is 12.8 Å². The third-order valence-corrected chi connectivity index (χ3v) is 5.74. The van der Waals surface area contributed by atoms with Gasteiger partial charge >= 0.3 is 5.97 Å². The molecule has 0 bridgehead atoms. The summed E-state index contributed by atoms with van der Waals surface area (Å²) in [6.07, 6.45) is 0.708. The number of aliphatic carboxylic acids is 1. The molecule has 0 aliphatic carbocycles. The van der Waals surface area contributed by atoms with E-state index in [2.05, 4.69) is 9.71 Å². The predicted octanol–water partition coefficient (Wildman–Crippen LogP) is 0.583. The second kappa shape index (κ2) is 6.17. The molecule has 0 atom stereocenters. The highest BCUT2D eigenvalue weighted by Crippen LogP contribution is 2.19. The molecule has 0 amide bonds. The van der Waals surface area contributed by atoms with E-state index in [0.29, 0.717) is 17.8 Å². The minimum atomic E-state index is -3.56. The molecule has 2 N–H and O–H groups in total. The normalized spacial score (nSPS) is 18.2. The lowest BCUT2D eigenvalue weighted by Gasteiger charge is -2.29. The maximum atomic E-state index is 12.1. The summed E-state index contributed by atoms with van der Waals surface area (Å²) in [5.41, 5.74) is 0.867. The predicted molar refractivity (Wildman–Crippen MR) is 74.5 cm³/mol. The Balaban J connectivity index is 1.89. The maximum absolute atomic E-state index is 12.1. The van der Waals surface area contributed by atoms with Gasteiger partial charge in [-0.3, -0.25) is 4.79 Å². The van der Waals surface area contributed by atoms with Crippen LogP contribution in [-0.2, 0) is 21.5 Å². The average Bonchev–Trinajstić information content (AvgIpc) is 2.82. The summed E-state index contributed by atoms with van der Waals surface area (Å²) in [7, 11) is -3.56. The van der Waals surface area contributed by atoms with E-state index in [1.54, 1.807) is 0 Å². The Morgan fingerprint density at radius 1 is 1.55 bits per heavy atom. The van der Waals surface area contributed by atoms with Crippen molar-refractivity contribution in [3.05, 3.63) is 16.1 Å². The van der Waals surface area contributed by atoms with Crippen LogP contribution >= 0.6 is 11.3 Å². The van der Waals surface area contributed by atoms with Crippen molar-refractivity contribution in [2.24, 2.45) is 5.92 Å². The molecule has 112 valence electrons. The molecule has 0 radical (unpaired) electrons. The molecule has 1 aliphatic rings. The van der Waals surface area contributed by atoms with Crippen LogP contribution in [0.3, 0.4) is 0 Å². The summed E-state index contributed by atoms with van der Waals surface area (Å²) in [5, 5.41) is 11.5. The fourth-order valence-electron chi connectivity index (χ4n) is 2.07. The van der Waals surface area contributed by atoms with Crippen molar-refractivity contribution in [3.8, 4) is 0 Å². The van der Waals surface area contributed by atoms with Crippen LogP contribution in [0.1, 0.15) is 23.5 Å². The zero-order valence-electron chi connectivity index (χ0n) is 11.1. The summed E-state index contributed by atoms with van der Waals surface area (Å²) < 4.78 is 28.0. The van der Waals surface area contributed by atoms with Crippen molar-refractivity contribution in [2.45, 2.75) is 26.3 Å². The number of aromatic nitrogens is 1. The third kappa shape index (κ3) is 3.75. The Bertz CT molecular complexity index is 576. The van der Waals surface area contributed by atoms with E-state index in [0.717, 1.165) is 5.69 Å². The molecule has 1 aliphatic heterocycles. The monoisotopic (exact) mass is 319 g/mol. The highest BCUT2D eigenvalue weighted by molar-refractivity contribution is 7.87. The maximum Gasteiger partial charge on any atom is 0.306 e. The molecule has 9 heteroatoms. The number of thiazole rings is 1. The van der Waals surface area contributed by atoms with Gasteiger partial charge in [0, 0.05) is 24.2 Å². The van der Waals surface area contributed by atoms with Crippen LogP contribution in [0.15, 0.2) is 5.38 Å². The smallest absolute Gasteiger partial charge is 0.306 e. The highest BCUT2D eigenvalue weighted by atomic mass is 32.2. The lowest BCUT2D eigenvalue weighted by atomic mass is 9.99. The van der Waals surface area contributed by atoms with E-state index in [9.17, 15) is 13.2 Å². The summed E-state index contributed by atoms with van der Waals surface area (Å²) in [5.74, 6) is -1.30. The Morgan fingerprint density at radius 2 is 2.20 bits per heavy atom. The Labute approximate surface area is 121 Å². The van der Waals surface area contributed by atoms with E-state index >= 15 is 0 Å². The quantitative estimate of drug-likeness (QED) is 0.827. The molecule has 1 fully saturated rings. The van der Waals surface area contributed by atoms with Crippen LogP contribution in [0.2, 0.25) is 0 Å². The van der Waals surface area contributed by atoms with E-state index in [1.165, 1.54) is 15.6 Å². The lowest BCUT2D eigenvalue weighted by Crippen LogP contribution is -2.45. The van der Waals surface area contributed by atoms with Gasteiger partial charge in [-0.1, -0.05) is 0 Å². The fourth-order valence-corrected chi connectivity index (χ4v) is 4.07. The number of hydrogen-bond donors (Lipinski definition) is 2. The number of nitrogens with zero attached hydrogens (tertiary/aromatic N) is 2. The summed E-state index contributed by atoms with van der Waals surface area (Å²) >= 11 is 1.41. The van der Waals surface area contributed by atoms with Crippen molar-refractivity contribution in [1.29, 1.82) is 0 Å². The van der Waals surface area contributed by atoms with Gasteiger partial charge in [0.2, 0.25) is 0 Å². The zero-order chi connectivity index (χ0) is 14.8. The molecule has 7 nitrogen and oxygen atoms in total. The standard InChI is InChI=1S/C11H17N3O4S2/c1-8-7-19-10(13-8)6-12-20(17,18)14-4-2-9(3-5-14)11(15)16/h7,9,12H,2-6H2,1H3,(H,15,16). The van der Waals surface area contributed by atoms with Gasteiger partial charge in [0.1, 0.15) is 5.01 Å². The summed E-state index contributed by atoms with van der Waals surface area (Å²) in [4.78, 5) is 15.0. The van der Waals surface area contributed by atoms with E-state index in [4.69, 9.17) is 5.11 Å². The largest absolute Gasteiger partial charge is 0.481 e. The second-order valence-electron chi connectivity index (χ2n) is 4.72.